The minimum atomic E-state index is -2.02. The standard InChI is InChI=1S/C12H8O3S/c13-16(14)11-7-3-5-9-8-4-1-2-6-10(8)15-12(9)11/h1-7H,(H,13,14). The van der Waals surface area contributed by atoms with Crippen LogP contribution in [-0.2, 0) is 11.1 Å². The number of hydrogen-bond acceptors (Lipinski definition) is 2. The Hall–Kier alpha value is -1.65. The summed E-state index contributed by atoms with van der Waals surface area (Å²) in [5.74, 6) is 0. The van der Waals surface area contributed by atoms with Crippen molar-refractivity contribution in [2.45, 2.75) is 4.90 Å². The van der Waals surface area contributed by atoms with Gasteiger partial charge in [0.05, 0.1) is 0 Å². The largest absolute Gasteiger partial charge is 0.455 e. The molecule has 1 atom stereocenters. The van der Waals surface area contributed by atoms with E-state index in [4.69, 9.17) is 8.97 Å². The van der Waals surface area contributed by atoms with Crippen molar-refractivity contribution in [2.75, 3.05) is 0 Å². The molecule has 3 aromatic rings. The van der Waals surface area contributed by atoms with Crippen LogP contribution in [-0.4, -0.2) is 8.76 Å². The second-order valence-electron chi connectivity index (χ2n) is 3.48. The molecule has 1 unspecified atom stereocenters. The van der Waals surface area contributed by atoms with Gasteiger partial charge in [-0.1, -0.05) is 30.3 Å². The van der Waals surface area contributed by atoms with Crippen molar-refractivity contribution in [2.24, 2.45) is 0 Å². The summed E-state index contributed by atoms with van der Waals surface area (Å²) in [6.07, 6.45) is 0. The minimum Gasteiger partial charge on any atom is -0.455 e. The Morgan fingerprint density at radius 2 is 1.75 bits per heavy atom. The Morgan fingerprint density at radius 3 is 2.56 bits per heavy atom. The van der Waals surface area contributed by atoms with Gasteiger partial charge in [0.25, 0.3) is 0 Å². The van der Waals surface area contributed by atoms with Crippen molar-refractivity contribution in [1.82, 2.24) is 0 Å². The molecule has 0 spiro atoms. The molecule has 0 radical (unpaired) electrons. The third kappa shape index (κ3) is 1.27. The van der Waals surface area contributed by atoms with Crippen molar-refractivity contribution in [3.05, 3.63) is 42.5 Å². The fourth-order valence-corrected chi connectivity index (χ4v) is 2.36. The van der Waals surface area contributed by atoms with E-state index in [2.05, 4.69) is 0 Å². The zero-order valence-corrected chi connectivity index (χ0v) is 9.03. The highest BCUT2D eigenvalue weighted by atomic mass is 32.2. The maximum atomic E-state index is 11.1. The lowest BCUT2D eigenvalue weighted by molar-refractivity contribution is 0.562. The molecule has 2 aromatic carbocycles. The first kappa shape index (κ1) is 9.57. The molecule has 0 aliphatic carbocycles. The van der Waals surface area contributed by atoms with Gasteiger partial charge in [0.1, 0.15) is 10.5 Å². The Balaban J connectivity index is 2.54. The molecule has 0 amide bonds. The summed E-state index contributed by atoms with van der Waals surface area (Å²) in [7, 11) is 0. The highest BCUT2D eigenvalue weighted by molar-refractivity contribution is 7.79. The van der Waals surface area contributed by atoms with E-state index in [1.165, 1.54) is 0 Å². The minimum absolute atomic E-state index is 0.314. The predicted molar refractivity (Wildman–Crippen MR) is 62.8 cm³/mol. The summed E-state index contributed by atoms with van der Waals surface area (Å²) in [5, 5.41) is 1.83. The molecule has 0 aliphatic rings. The van der Waals surface area contributed by atoms with E-state index < -0.39 is 11.1 Å². The average molecular weight is 232 g/mol. The summed E-state index contributed by atoms with van der Waals surface area (Å²) >= 11 is -2.02. The molecule has 3 nitrogen and oxygen atoms in total. The molecule has 16 heavy (non-hydrogen) atoms. The van der Waals surface area contributed by atoms with E-state index in [1.54, 1.807) is 12.1 Å². The third-order valence-corrected chi connectivity index (χ3v) is 3.25. The molecule has 1 heterocycles. The Morgan fingerprint density at radius 1 is 1.00 bits per heavy atom. The fraction of sp³-hybridized carbons (Fsp3) is 0. The first-order valence-corrected chi connectivity index (χ1v) is 5.89. The first-order chi connectivity index (χ1) is 7.77. The van der Waals surface area contributed by atoms with Crippen molar-refractivity contribution in [1.29, 1.82) is 0 Å². The lowest BCUT2D eigenvalue weighted by Crippen LogP contribution is -1.87. The summed E-state index contributed by atoms with van der Waals surface area (Å²) < 4.78 is 25.9. The van der Waals surface area contributed by atoms with Crippen molar-refractivity contribution >= 4 is 33.0 Å². The smallest absolute Gasteiger partial charge is 0.190 e. The lowest BCUT2D eigenvalue weighted by Gasteiger charge is -1.94. The molecule has 0 saturated carbocycles. The first-order valence-electron chi connectivity index (χ1n) is 4.78. The second kappa shape index (κ2) is 3.43. The Bertz CT molecular complexity index is 700. The van der Waals surface area contributed by atoms with Gasteiger partial charge in [-0.15, -0.1) is 0 Å². The summed E-state index contributed by atoms with van der Waals surface area (Å²) in [6.45, 7) is 0. The van der Waals surface area contributed by atoms with Crippen molar-refractivity contribution in [3.8, 4) is 0 Å². The van der Waals surface area contributed by atoms with Gasteiger partial charge >= 0.3 is 0 Å². The van der Waals surface area contributed by atoms with Crippen LogP contribution in [0.4, 0.5) is 0 Å². The average Bonchev–Trinajstić information content (AvgIpc) is 2.67. The van der Waals surface area contributed by atoms with E-state index in [1.807, 2.05) is 30.3 Å². The summed E-state index contributed by atoms with van der Waals surface area (Å²) in [4.78, 5) is 0.314. The van der Waals surface area contributed by atoms with E-state index in [-0.39, 0.29) is 0 Å². The predicted octanol–water partition coefficient (Wildman–Crippen LogP) is 3.17. The lowest BCUT2D eigenvalue weighted by atomic mass is 10.1. The number of rotatable bonds is 1. The number of furan rings is 1. The molecule has 0 aliphatic heterocycles. The molecule has 80 valence electrons. The van der Waals surface area contributed by atoms with Crippen LogP contribution >= 0.6 is 0 Å². The number of benzene rings is 2. The van der Waals surface area contributed by atoms with Crippen LogP contribution in [0.3, 0.4) is 0 Å². The van der Waals surface area contributed by atoms with Crippen LogP contribution in [0.1, 0.15) is 0 Å². The highest BCUT2D eigenvalue weighted by Crippen LogP contribution is 2.31. The monoisotopic (exact) mass is 232 g/mol. The molecular weight excluding hydrogens is 224 g/mol. The summed E-state index contributed by atoms with van der Waals surface area (Å²) in [5.41, 5.74) is 1.22. The van der Waals surface area contributed by atoms with Gasteiger partial charge in [-0.2, -0.15) is 0 Å². The molecule has 0 bridgehead atoms. The molecule has 1 aromatic heterocycles. The van der Waals surface area contributed by atoms with Crippen LogP contribution in [0, 0.1) is 0 Å². The van der Waals surface area contributed by atoms with Crippen LogP contribution in [0.25, 0.3) is 21.9 Å². The van der Waals surface area contributed by atoms with Crippen LogP contribution in [0.15, 0.2) is 51.8 Å². The molecule has 1 N–H and O–H groups in total. The molecule has 0 fully saturated rings. The van der Waals surface area contributed by atoms with Crippen LogP contribution < -0.4 is 0 Å². The number of fused-ring (bicyclic) bond motifs is 3. The zero-order chi connectivity index (χ0) is 11.1. The molecule has 0 saturated heterocycles. The van der Waals surface area contributed by atoms with Crippen LogP contribution in [0.5, 0.6) is 0 Å². The second-order valence-corrected chi connectivity index (χ2v) is 4.42. The Kier molecular flexibility index (Phi) is 2.05. The van der Waals surface area contributed by atoms with E-state index in [0.29, 0.717) is 10.5 Å². The van der Waals surface area contributed by atoms with Gasteiger partial charge < -0.3 is 8.97 Å². The zero-order valence-electron chi connectivity index (χ0n) is 8.21. The quantitative estimate of drug-likeness (QED) is 0.655. The molecular formula is C12H8O3S. The van der Waals surface area contributed by atoms with Gasteiger partial charge in [-0.05, 0) is 12.1 Å². The SMILES string of the molecule is O=S(O)c1cccc2c1oc1ccccc12. The molecule has 3 rings (SSSR count). The highest BCUT2D eigenvalue weighted by Gasteiger charge is 2.12. The Labute approximate surface area is 94.0 Å². The topological polar surface area (TPSA) is 50.4 Å². The molecule has 4 heteroatoms. The number of para-hydroxylation sites is 2. The van der Waals surface area contributed by atoms with Gasteiger partial charge in [-0.3, -0.25) is 0 Å². The van der Waals surface area contributed by atoms with Crippen molar-refractivity contribution < 1.29 is 13.2 Å². The number of hydrogen-bond donors (Lipinski definition) is 1. The van der Waals surface area contributed by atoms with Crippen molar-refractivity contribution in [3.63, 3.8) is 0 Å². The fourth-order valence-electron chi connectivity index (χ4n) is 1.86. The maximum absolute atomic E-state index is 11.1. The van der Waals surface area contributed by atoms with Gasteiger partial charge in [0, 0.05) is 10.8 Å². The van der Waals surface area contributed by atoms with Gasteiger partial charge in [0.2, 0.25) is 0 Å². The van der Waals surface area contributed by atoms with E-state index in [0.717, 1.165) is 16.4 Å². The van der Waals surface area contributed by atoms with Gasteiger partial charge in [-0.25, -0.2) is 4.21 Å². The van der Waals surface area contributed by atoms with Gasteiger partial charge in [0.15, 0.2) is 16.7 Å². The van der Waals surface area contributed by atoms with E-state index >= 15 is 0 Å². The van der Waals surface area contributed by atoms with E-state index in [9.17, 15) is 4.21 Å². The maximum Gasteiger partial charge on any atom is 0.190 e. The van der Waals surface area contributed by atoms with Crippen LogP contribution in [0.2, 0.25) is 0 Å². The summed E-state index contributed by atoms with van der Waals surface area (Å²) in [6, 6.07) is 12.8. The third-order valence-electron chi connectivity index (χ3n) is 2.56. The normalized spacial score (nSPS) is 13.3.